The van der Waals surface area contributed by atoms with Gasteiger partial charge in [0.1, 0.15) is 5.82 Å². The molecule has 1 aromatic heterocycles. The van der Waals surface area contributed by atoms with Crippen LogP contribution in [-0.4, -0.2) is 33.3 Å². The molecule has 0 fully saturated rings. The molecule has 1 N–H and O–H groups in total. The zero-order valence-electron chi connectivity index (χ0n) is 15.1. The van der Waals surface area contributed by atoms with Crippen LogP contribution in [0.2, 0.25) is 0 Å². The third kappa shape index (κ3) is 4.15. The van der Waals surface area contributed by atoms with E-state index in [1.807, 2.05) is 26.0 Å². The highest BCUT2D eigenvalue weighted by molar-refractivity contribution is 5.89. The summed E-state index contributed by atoms with van der Waals surface area (Å²) in [5.74, 6) is 0.615. The average Bonchev–Trinajstić information content (AvgIpc) is 3.24. The number of halogens is 3. The van der Waals surface area contributed by atoms with E-state index in [0.717, 1.165) is 6.07 Å². The molecule has 0 spiro atoms. The Morgan fingerprint density at radius 1 is 1.30 bits per heavy atom. The molecule has 1 aliphatic rings. The van der Waals surface area contributed by atoms with Crippen LogP contribution >= 0.6 is 0 Å². The van der Waals surface area contributed by atoms with Crippen molar-refractivity contribution in [3.05, 3.63) is 59.8 Å². The fraction of sp³-hybridized carbons (Fsp3) is 0.368. The maximum absolute atomic E-state index is 13.2. The second kappa shape index (κ2) is 7.46. The van der Waals surface area contributed by atoms with E-state index in [4.69, 9.17) is 0 Å². The first-order chi connectivity index (χ1) is 12.8. The van der Waals surface area contributed by atoms with Gasteiger partial charge in [0, 0.05) is 12.6 Å². The largest absolute Gasteiger partial charge is 0.416 e. The maximum atomic E-state index is 13.2. The molecule has 0 saturated carbocycles. The third-order valence-corrected chi connectivity index (χ3v) is 4.53. The molecule has 0 saturated heterocycles. The van der Waals surface area contributed by atoms with Gasteiger partial charge in [0.15, 0.2) is 0 Å². The van der Waals surface area contributed by atoms with Gasteiger partial charge in [0.05, 0.1) is 24.3 Å². The van der Waals surface area contributed by atoms with E-state index in [2.05, 4.69) is 10.4 Å². The Balaban J connectivity index is 1.77. The van der Waals surface area contributed by atoms with Gasteiger partial charge in [0.25, 0.3) is 0 Å². The van der Waals surface area contributed by atoms with E-state index >= 15 is 0 Å². The van der Waals surface area contributed by atoms with E-state index in [1.54, 1.807) is 17.0 Å². The number of aromatic nitrogens is 2. The fourth-order valence-corrected chi connectivity index (χ4v) is 3.18. The summed E-state index contributed by atoms with van der Waals surface area (Å²) >= 11 is 0. The number of hydrogen-bond acceptors (Lipinski definition) is 2. The minimum Gasteiger partial charge on any atom is -0.314 e. The number of benzene rings is 1. The molecule has 1 aliphatic heterocycles. The predicted octanol–water partition coefficient (Wildman–Crippen LogP) is 4.38. The summed E-state index contributed by atoms with van der Waals surface area (Å²) in [5.41, 5.74) is -0.617. The highest BCUT2D eigenvalue weighted by Crippen LogP contribution is 2.32. The Morgan fingerprint density at radius 3 is 2.74 bits per heavy atom. The topological polar surface area (TPSA) is 50.2 Å². The molecular weight excluding hydrogens is 357 g/mol. The van der Waals surface area contributed by atoms with Gasteiger partial charge >= 0.3 is 12.2 Å². The van der Waals surface area contributed by atoms with Crippen LogP contribution in [0, 0.1) is 5.92 Å². The van der Waals surface area contributed by atoms with Crippen molar-refractivity contribution >= 4 is 11.8 Å². The van der Waals surface area contributed by atoms with Crippen molar-refractivity contribution in [1.29, 1.82) is 0 Å². The number of amides is 2. The standard InChI is InChI=1S/C19H21F3N4O/c1-13(2)16-8-5-11-25(16)18(27)24-17-9-10-23-26(17)12-14-6-3-4-7-15(14)19(20,21)22/h3-10,13,16H,11-12H2,1-2H3,(H,24,27). The summed E-state index contributed by atoms with van der Waals surface area (Å²) in [5, 5.41) is 6.83. The molecule has 0 radical (unpaired) electrons. The summed E-state index contributed by atoms with van der Waals surface area (Å²) in [4.78, 5) is 14.3. The highest BCUT2D eigenvalue weighted by Gasteiger charge is 2.33. The molecule has 27 heavy (non-hydrogen) atoms. The molecule has 1 aromatic carbocycles. The van der Waals surface area contributed by atoms with Crippen LogP contribution < -0.4 is 5.32 Å². The van der Waals surface area contributed by atoms with Crippen LogP contribution in [0.3, 0.4) is 0 Å². The molecule has 0 bridgehead atoms. The monoisotopic (exact) mass is 378 g/mol. The normalized spacial score (nSPS) is 17.0. The van der Waals surface area contributed by atoms with Gasteiger partial charge < -0.3 is 4.90 Å². The lowest BCUT2D eigenvalue weighted by Gasteiger charge is -2.27. The molecule has 1 unspecified atom stereocenters. The zero-order valence-corrected chi connectivity index (χ0v) is 15.1. The minimum atomic E-state index is -4.45. The highest BCUT2D eigenvalue weighted by atomic mass is 19.4. The van der Waals surface area contributed by atoms with E-state index < -0.39 is 11.7 Å². The molecule has 5 nitrogen and oxygen atoms in total. The Hall–Kier alpha value is -2.77. The van der Waals surface area contributed by atoms with Crippen LogP contribution in [0.25, 0.3) is 0 Å². The van der Waals surface area contributed by atoms with Gasteiger partial charge in [-0.25, -0.2) is 9.48 Å². The fourth-order valence-electron chi connectivity index (χ4n) is 3.18. The quantitative estimate of drug-likeness (QED) is 0.803. The predicted molar refractivity (Wildman–Crippen MR) is 96.3 cm³/mol. The molecule has 144 valence electrons. The van der Waals surface area contributed by atoms with E-state index in [0.29, 0.717) is 12.4 Å². The van der Waals surface area contributed by atoms with Crippen molar-refractivity contribution in [2.75, 3.05) is 11.9 Å². The lowest BCUT2D eigenvalue weighted by molar-refractivity contribution is -0.138. The van der Waals surface area contributed by atoms with Crippen LogP contribution in [-0.2, 0) is 12.7 Å². The summed E-state index contributed by atoms with van der Waals surface area (Å²) in [6.07, 6.45) is 0.926. The second-order valence-electron chi connectivity index (χ2n) is 6.77. The average molecular weight is 378 g/mol. The molecule has 2 amide bonds. The summed E-state index contributed by atoms with van der Waals surface area (Å²) in [6, 6.07) is 6.62. The number of carbonyl (C=O) groups is 1. The lowest BCUT2D eigenvalue weighted by Crippen LogP contribution is -2.42. The van der Waals surface area contributed by atoms with Crippen molar-refractivity contribution in [2.24, 2.45) is 5.92 Å². The van der Waals surface area contributed by atoms with Gasteiger partial charge in [-0.15, -0.1) is 0 Å². The number of carbonyl (C=O) groups excluding carboxylic acids is 1. The van der Waals surface area contributed by atoms with Crippen LogP contribution in [0.15, 0.2) is 48.7 Å². The van der Waals surface area contributed by atoms with Gasteiger partial charge in [-0.1, -0.05) is 44.2 Å². The number of anilines is 1. The minimum absolute atomic E-state index is 0.00710. The van der Waals surface area contributed by atoms with Gasteiger partial charge in [0.2, 0.25) is 0 Å². The summed E-state index contributed by atoms with van der Waals surface area (Å²) in [6.45, 7) is 4.46. The Labute approximate surface area is 155 Å². The van der Waals surface area contributed by atoms with E-state index in [-0.39, 0.29) is 30.1 Å². The van der Waals surface area contributed by atoms with E-state index in [1.165, 1.54) is 23.0 Å². The number of alkyl halides is 3. The lowest BCUT2D eigenvalue weighted by atomic mass is 10.1. The molecule has 0 aliphatic carbocycles. The zero-order chi connectivity index (χ0) is 19.6. The van der Waals surface area contributed by atoms with Gasteiger partial charge in [-0.2, -0.15) is 18.3 Å². The molecule has 8 heteroatoms. The first-order valence-electron chi connectivity index (χ1n) is 8.68. The molecule has 1 atom stereocenters. The first kappa shape index (κ1) is 19.0. The molecule has 2 heterocycles. The second-order valence-corrected chi connectivity index (χ2v) is 6.77. The number of nitrogens with one attached hydrogen (secondary N) is 1. The van der Waals surface area contributed by atoms with Gasteiger partial charge in [-0.3, -0.25) is 5.32 Å². The van der Waals surface area contributed by atoms with Gasteiger partial charge in [-0.05, 0) is 17.5 Å². The Kier molecular flexibility index (Phi) is 5.25. The Morgan fingerprint density at radius 2 is 2.04 bits per heavy atom. The van der Waals surface area contributed by atoms with Crippen molar-refractivity contribution in [1.82, 2.24) is 14.7 Å². The first-order valence-corrected chi connectivity index (χ1v) is 8.68. The van der Waals surface area contributed by atoms with Crippen LogP contribution in [0.5, 0.6) is 0 Å². The molecule has 3 rings (SSSR count). The van der Waals surface area contributed by atoms with Crippen LogP contribution in [0.4, 0.5) is 23.8 Å². The van der Waals surface area contributed by atoms with Crippen LogP contribution in [0.1, 0.15) is 25.0 Å². The number of urea groups is 1. The Bertz CT molecular complexity index is 841. The summed E-state index contributed by atoms with van der Waals surface area (Å²) in [7, 11) is 0. The smallest absolute Gasteiger partial charge is 0.314 e. The maximum Gasteiger partial charge on any atom is 0.416 e. The molecular formula is C19H21F3N4O. The SMILES string of the molecule is CC(C)C1C=CCN1C(=O)Nc1ccnn1Cc1ccccc1C(F)(F)F. The van der Waals surface area contributed by atoms with Crippen molar-refractivity contribution in [2.45, 2.75) is 32.6 Å². The third-order valence-electron chi connectivity index (χ3n) is 4.53. The molecule has 2 aromatic rings. The van der Waals surface area contributed by atoms with Crippen molar-refractivity contribution in [3.8, 4) is 0 Å². The van der Waals surface area contributed by atoms with E-state index in [9.17, 15) is 18.0 Å². The number of nitrogens with zero attached hydrogens (tertiary/aromatic N) is 3. The van der Waals surface area contributed by atoms with Crippen molar-refractivity contribution in [3.63, 3.8) is 0 Å². The number of rotatable bonds is 4. The van der Waals surface area contributed by atoms with Crippen molar-refractivity contribution < 1.29 is 18.0 Å². The number of hydrogen-bond donors (Lipinski definition) is 1. The summed E-state index contributed by atoms with van der Waals surface area (Å²) < 4.78 is 41.0.